The number of rotatable bonds is 8. The lowest BCUT2D eigenvalue weighted by molar-refractivity contribution is -0.158. The smallest absolute Gasteiger partial charge is 0.248 e. The molecule has 1 aliphatic carbocycles. The van der Waals surface area contributed by atoms with E-state index < -0.39 is 29.9 Å². The monoisotopic (exact) mass is 407 g/mol. The van der Waals surface area contributed by atoms with Crippen molar-refractivity contribution in [2.75, 3.05) is 18.4 Å². The van der Waals surface area contributed by atoms with Crippen molar-refractivity contribution in [3.05, 3.63) is 18.6 Å². The molecule has 2 fully saturated rings. The van der Waals surface area contributed by atoms with E-state index in [2.05, 4.69) is 15.3 Å². The molecule has 0 radical (unpaired) electrons. The van der Waals surface area contributed by atoms with Gasteiger partial charge in [-0.3, -0.25) is 24.6 Å². The molecule has 1 aromatic rings. The van der Waals surface area contributed by atoms with Gasteiger partial charge in [0.25, 0.3) is 0 Å². The fraction of sp³-hybridized carbons (Fsp3) is 0.632. The molecule has 1 aromatic heterocycles. The first-order valence-corrected chi connectivity index (χ1v) is 9.90. The van der Waals surface area contributed by atoms with E-state index in [1.165, 1.54) is 23.5 Å². The molecule has 9 nitrogen and oxygen atoms in total. The van der Waals surface area contributed by atoms with Gasteiger partial charge in [0.05, 0.1) is 25.2 Å². The SMILES string of the molecule is O=CN(O)C[C@@H](CC1CCCC1)C(=O)N1C[C@H](F)C[C@H]1C(=O)Nc1cnccn1. The number of likely N-dealkylation sites (tertiary alicyclic amines) is 1. The summed E-state index contributed by atoms with van der Waals surface area (Å²) in [5, 5.41) is 12.6. The summed E-state index contributed by atoms with van der Waals surface area (Å²) in [6, 6.07) is -0.978. The molecule has 10 heteroatoms. The maximum atomic E-state index is 14.2. The average molecular weight is 407 g/mol. The van der Waals surface area contributed by atoms with Crippen LogP contribution < -0.4 is 5.32 Å². The van der Waals surface area contributed by atoms with Crippen LogP contribution in [0.5, 0.6) is 0 Å². The first-order chi connectivity index (χ1) is 14.0. The van der Waals surface area contributed by atoms with Gasteiger partial charge in [-0.25, -0.2) is 14.4 Å². The Labute approximate surface area is 168 Å². The Bertz CT molecular complexity index is 716. The third kappa shape index (κ3) is 5.47. The number of nitrogens with zero attached hydrogens (tertiary/aromatic N) is 4. The van der Waals surface area contributed by atoms with Gasteiger partial charge >= 0.3 is 0 Å². The molecule has 3 atom stereocenters. The molecule has 0 unspecified atom stereocenters. The summed E-state index contributed by atoms with van der Waals surface area (Å²) in [5.41, 5.74) is 0. The summed E-state index contributed by atoms with van der Waals surface area (Å²) < 4.78 is 14.2. The molecule has 2 N–H and O–H groups in total. The Morgan fingerprint density at radius 1 is 1.38 bits per heavy atom. The van der Waals surface area contributed by atoms with Crippen molar-refractivity contribution in [1.82, 2.24) is 19.9 Å². The lowest BCUT2D eigenvalue weighted by Crippen LogP contribution is -2.48. The highest BCUT2D eigenvalue weighted by Gasteiger charge is 2.42. The van der Waals surface area contributed by atoms with Crippen LogP contribution in [-0.2, 0) is 14.4 Å². The molecular formula is C19H26FN5O4. The van der Waals surface area contributed by atoms with Gasteiger partial charge < -0.3 is 10.2 Å². The predicted octanol–water partition coefficient (Wildman–Crippen LogP) is 1.40. The maximum Gasteiger partial charge on any atom is 0.248 e. The van der Waals surface area contributed by atoms with Gasteiger partial charge in [0.2, 0.25) is 18.2 Å². The van der Waals surface area contributed by atoms with E-state index in [0.29, 0.717) is 17.4 Å². The van der Waals surface area contributed by atoms with Crippen LogP contribution in [0, 0.1) is 11.8 Å². The van der Waals surface area contributed by atoms with E-state index >= 15 is 0 Å². The summed E-state index contributed by atoms with van der Waals surface area (Å²) in [5.74, 6) is -1.10. The lowest BCUT2D eigenvalue weighted by atomic mass is 9.91. The van der Waals surface area contributed by atoms with E-state index in [1.54, 1.807) is 0 Å². The van der Waals surface area contributed by atoms with Crippen molar-refractivity contribution in [2.24, 2.45) is 11.8 Å². The number of anilines is 1. The molecule has 1 saturated carbocycles. The number of carbonyl (C=O) groups is 3. The van der Waals surface area contributed by atoms with Crippen LogP contribution in [-0.4, -0.2) is 68.7 Å². The normalized spacial score (nSPS) is 23.0. The highest BCUT2D eigenvalue weighted by Crippen LogP contribution is 2.32. The van der Waals surface area contributed by atoms with Crippen LogP contribution in [0.2, 0.25) is 0 Å². The summed E-state index contributed by atoms with van der Waals surface area (Å²) in [6.45, 7) is -0.365. The first-order valence-electron chi connectivity index (χ1n) is 9.90. The van der Waals surface area contributed by atoms with Crippen molar-refractivity contribution >= 4 is 24.0 Å². The summed E-state index contributed by atoms with van der Waals surface area (Å²) >= 11 is 0. The summed E-state index contributed by atoms with van der Waals surface area (Å²) in [7, 11) is 0. The van der Waals surface area contributed by atoms with Gasteiger partial charge in [-0.15, -0.1) is 0 Å². The highest BCUT2D eigenvalue weighted by molar-refractivity contribution is 5.97. The fourth-order valence-electron chi connectivity index (χ4n) is 4.26. The van der Waals surface area contributed by atoms with Crippen molar-refractivity contribution in [3.63, 3.8) is 0 Å². The van der Waals surface area contributed by atoms with Crippen LogP contribution in [0.4, 0.5) is 10.2 Å². The zero-order valence-electron chi connectivity index (χ0n) is 16.1. The molecule has 0 aromatic carbocycles. The predicted molar refractivity (Wildman–Crippen MR) is 100 cm³/mol. The van der Waals surface area contributed by atoms with Crippen LogP contribution in [0.3, 0.4) is 0 Å². The number of halogens is 1. The van der Waals surface area contributed by atoms with E-state index in [-0.39, 0.29) is 31.7 Å². The van der Waals surface area contributed by atoms with E-state index in [0.717, 1.165) is 25.7 Å². The second-order valence-electron chi connectivity index (χ2n) is 7.73. The number of hydroxylamine groups is 2. The minimum Gasteiger partial charge on any atom is -0.327 e. The molecule has 3 rings (SSSR count). The van der Waals surface area contributed by atoms with Crippen molar-refractivity contribution in [2.45, 2.75) is 50.7 Å². The molecule has 2 aliphatic rings. The Kier molecular flexibility index (Phi) is 7.08. The van der Waals surface area contributed by atoms with Crippen LogP contribution in [0.25, 0.3) is 0 Å². The fourth-order valence-corrected chi connectivity index (χ4v) is 4.26. The Morgan fingerprint density at radius 2 is 2.14 bits per heavy atom. The van der Waals surface area contributed by atoms with E-state index in [9.17, 15) is 24.0 Å². The molecule has 158 valence electrons. The van der Waals surface area contributed by atoms with Crippen molar-refractivity contribution in [3.8, 4) is 0 Å². The zero-order chi connectivity index (χ0) is 20.8. The van der Waals surface area contributed by atoms with Gasteiger partial charge in [-0.2, -0.15) is 0 Å². The number of carbonyl (C=O) groups excluding carboxylic acids is 3. The quantitative estimate of drug-likeness (QED) is 0.382. The van der Waals surface area contributed by atoms with E-state index in [1.807, 2.05) is 0 Å². The number of amides is 3. The lowest BCUT2D eigenvalue weighted by Gasteiger charge is -2.30. The standard InChI is InChI=1S/C19H26FN5O4/c20-15-8-16(18(27)23-17-9-21-5-6-22-17)25(11-15)19(28)14(10-24(29)12-26)7-13-3-1-2-4-13/h5-6,9,12-16,29H,1-4,7-8,10-11H2,(H,22,23,27)/t14-,15-,16+/m1/s1. The third-order valence-corrected chi connectivity index (χ3v) is 5.62. The maximum absolute atomic E-state index is 14.2. The molecule has 0 spiro atoms. The van der Waals surface area contributed by atoms with E-state index in [4.69, 9.17) is 0 Å². The highest BCUT2D eigenvalue weighted by atomic mass is 19.1. The van der Waals surface area contributed by atoms with Crippen molar-refractivity contribution < 1.29 is 24.0 Å². The van der Waals surface area contributed by atoms with Crippen LogP contribution >= 0.6 is 0 Å². The topological polar surface area (TPSA) is 116 Å². The molecule has 2 heterocycles. The first kappa shape index (κ1) is 21.1. The minimum atomic E-state index is -1.32. The van der Waals surface area contributed by atoms with Gasteiger partial charge in [0.15, 0.2) is 5.82 Å². The number of aromatic nitrogens is 2. The molecule has 1 saturated heterocycles. The summed E-state index contributed by atoms with van der Waals surface area (Å²) in [6.07, 6.45) is 7.69. The zero-order valence-corrected chi connectivity index (χ0v) is 16.1. The molecule has 29 heavy (non-hydrogen) atoms. The number of hydrogen-bond donors (Lipinski definition) is 2. The Morgan fingerprint density at radius 3 is 2.79 bits per heavy atom. The second kappa shape index (κ2) is 9.73. The third-order valence-electron chi connectivity index (χ3n) is 5.62. The minimum absolute atomic E-state index is 0.107. The van der Waals surface area contributed by atoms with Gasteiger partial charge in [-0.05, 0) is 12.3 Å². The summed E-state index contributed by atoms with van der Waals surface area (Å²) in [4.78, 5) is 45.8. The van der Waals surface area contributed by atoms with Gasteiger partial charge in [0.1, 0.15) is 12.2 Å². The number of hydrogen-bond acceptors (Lipinski definition) is 6. The molecule has 1 aliphatic heterocycles. The van der Waals surface area contributed by atoms with Gasteiger partial charge in [-0.1, -0.05) is 25.7 Å². The molecule has 3 amide bonds. The van der Waals surface area contributed by atoms with Crippen LogP contribution in [0.15, 0.2) is 18.6 Å². The Balaban J connectivity index is 1.72. The average Bonchev–Trinajstić information content (AvgIpc) is 3.37. The molecular weight excluding hydrogens is 381 g/mol. The second-order valence-corrected chi connectivity index (χ2v) is 7.73. The largest absolute Gasteiger partial charge is 0.327 e. The molecule has 0 bridgehead atoms. The Hall–Kier alpha value is -2.62. The van der Waals surface area contributed by atoms with Gasteiger partial charge in [0, 0.05) is 18.8 Å². The number of nitrogens with one attached hydrogen (secondary N) is 1. The van der Waals surface area contributed by atoms with Crippen LogP contribution in [0.1, 0.15) is 38.5 Å². The van der Waals surface area contributed by atoms with Crippen molar-refractivity contribution in [1.29, 1.82) is 0 Å². The number of alkyl halides is 1.